The number of carbonyl (C=O) groups is 1. The monoisotopic (exact) mass is 348 g/mol. The Balaban J connectivity index is 1.42. The average Bonchev–Trinajstić information content (AvgIpc) is 3.01. The molecule has 0 spiro atoms. The number of hydrogen-bond donors (Lipinski definition) is 0. The van der Waals surface area contributed by atoms with Crippen molar-refractivity contribution in [1.82, 2.24) is 13.6 Å². The van der Waals surface area contributed by atoms with E-state index in [9.17, 15) is 4.79 Å². The maximum Gasteiger partial charge on any atom is 0.232 e. The lowest BCUT2D eigenvalue weighted by atomic mass is 10.2. The van der Waals surface area contributed by atoms with Crippen molar-refractivity contribution in [3.63, 3.8) is 0 Å². The first-order chi connectivity index (χ1) is 11.2. The number of benzene rings is 1. The number of para-hydroxylation sites is 1. The van der Waals surface area contributed by atoms with Gasteiger partial charge in [-0.2, -0.15) is 8.75 Å². The molecule has 0 atom stereocenters. The van der Waals surface area contributed by atoms with Gasteiger partial charge in [0.2, 0.25) is 5.91 Å². The molecule has 0 saturated carbocycles. The minimum atomic E-state index is 0.226. The summed E-state index contributed by atoms with van der Waals surface area (Å²) in [6.07, 6.45) is 0. The Morgan fingerprint density at radius 2 is 1.91 bits per heavy atom. The number of carbonyl (C=O) groups excluding carboxylic acids is 1. The standard InChI is InChI=1S/C16H20N4OS2/c1-13-15(18-23-17-13)11-22-12-16(21)20-9-7-19(8-10-20)14-5-3-2-4-6-14/h2-6H,7-12H2,1H3. The highest BCUT2D eigenvalue weighted by Gasteiger charge is 2.21. The molecule has 1 fully saturated rings. The predicted octanol–water partition coefficient (Wildman–Crippen LogP) is 2.43. The summed E-state index contributed by atoms with van der Waals surface area (Å²) in [6, 6.07) is 10.4. The van der Waals surface area contributed by atoms with Gasteiger partial charge >= 0.3 is 0 Å². The summed E-state index contributed by atoms with van der Waals surface area (Å²) in [7, 11) is 0. The Morgan fingerprint density at radius 3 is 2.57 bits per heavy atom. The third-order valence-electron chi connectivity index (χ3n) is 3.96. The molecule has 122 valence electrons. The summed E-state index contributed by atoms with van der Waals surface area (Å²) >= 11 is 2.86. The smallest absolute Gasteiger partial charge is 0.232 e. The van der Waals surface area contributed by atoms with Crippen LogP contribution in [0.2, 0.25) is 0 Å². The zero-order valence-electron chi connectivity index (χ0n) is 13.1. The van der Waals surface area contributed by atoms with Crippen molar-refractivity contribution in [2.45, 2.75) is 12.7 Å². The van der Waals surface area contributed by atoms with E-state index in [2.05, 4.69) is 37.9 Å². The lowest BCUT2D eigenvalue weighted by Crippen LogP contribution is -2.49. The van der Waals surface area contributed by atoms with Gasteiger partial charge in [0.1, 0.15) is 0 Å². The van der Waals surface area contributed by atoms with E-state index in [1.54, 1.807) is 11.8 Å². The Morgan fingerprint density at radius 1 is 1.17 bits per heavy atom. The highest BCUT2D eigenvalue weighted by Crippen LogP contribution is 2.17. The van der Waals surface area contributed by atoms with Crippen molar-refractivity contribution in [2.24, 2.45) is 0 Å². The summed E-state index contributed by atoms with van der Waals surface area (Å²) in [5, 5.41) is 0. The Hall–Kier alpha value is -1.60. The van der Waals surface area contributed by atoms with Gasteiger partial charge in [0.15, 0.2) is 0 Å². The summed E-state index contributed by atoms with van der Waals surface area (Å²) in [5.74, 6) is 1.50. The number of anilines is 1. The Labute approximate surface area is 145 Å². The molecule has 5 nitrogen and oxygen atoms in total. The second-order valence-electron chi connectivity index (χ2n) is 5.49. The zero-order valence-corrected chi connectivity index (χ0v) is 14.8. The molecule has 0 unspecified atom stereocenters. The molecule has 0 N–H and O–H groups in total. The normalized spacial score (nSPS) is 15.0. The summed E-state index contributed by atoms with van der Waals surface area (Å²) < 4.78 is 8.40. The molecule has 1 saturated heterocycles. The number of amides is 1. The van der Waals surface area contributed by atoms with Crippen LogP contribution in [-0.4, -0.2) is 51.5 Å². The summed E-state index contributed by atoms with van der Waals surface area (Å²) in [4.78, 5) is 16.6. The molecule has 1 aliphatic rings. The number of hydrogen-bond acceptors (Lipinski definition) is 6. The van der Waals surface area contributed by atoms with Gasteiger partial charge in [0.25, 0.3) is 0 Å². The van der Waals surface area contributed by atoms with Crippen molar-refractivity contribution < 1.29 is 4.79 Å². The number of rotatable bonds is 5. The van der Waals surface area contributed by atoms with Gasteiger partial charge in [-0.3, -0.25) is 4.79 Å². The van der Waals surface area contributed by atoms with Gasteiger partial charge in [-0.25, -0.2) is 0 Å². The minimum Gasteiger partial charge on any atom is -0.368 e. The van der Waals surface area contributed by atoms with Crippen LogP contribution in [0.3, 0.4) is 0 Å². The van der Waals surface area contributed by atoms with Crippen LogP contribution < -0.4 is 4.90 Å². The van der Waals surface area contributed by atoms with E-state index >= 15 is 0 Å². The topological polar surface area (TPSA) is 49.3 Å². The van der Waals surface area contributed by atoms with Crippen LogP contribution in [0.5, 0.6) is 0 Å². The van der Waals surface area contributed by atoms with E-state index in [0.29, 0.717) is 5.75 Å². The van der Waals surface area contributed by atoms with Crippen LogP contribution in [-0.2, 0) is 10.5 Å². The highest BCUT2D eigenvalue weighted by atomic mass is 32.2. The third-order valence-corrected chi connectivity index (χ3v) is 5.55. The second kappa shape index (κ2) is 7.79. The van der Waals surface area contributed by atoms with Gasteiger partial charge in [0.05, 0.1) is 28.9 Å². The number of thioether (sulfide) groups is 1. The molecule has 2 heterocycles. The Bertz CT molecular complexity index is 639. The number of nitrogens with zero attached hydrogens (tertiary/aromatic N) is 4. The first-order valence-corrected chi connectivity index (χ1v) is 9.56. The molecule has 2 aromatic rings. The molecule has 1 aliphatic heterocycles. The fraction of sp³-hybridized carbons (Fsp3) is 0.438. The molecule has 0 aliphatic carbocycles. The minimum absolute atomic E-state index is 0.226. The van der Waals surface area contributed by atoms with Crippen LogP contribution in [0.15, 0.2) is 30.3 Å². The van der Waals surface area contributed by atoms with E-state index in [-0.39, 0.29) is 5.91 Å². The molecule has 1 amide bonds. The molecule has 1 aromatic heterocycles. The third kappa shape index (κ3) is 4.23. The molecule has 3 rings (SSSR count). The largest absolute Gasteiger partial charge is 0.368 e. The van der Waals surface area contributed by atoms with E-state index in [1.807, 2.05) is 17.9 Å². The van der Waals surface area contributed by atoms with Crippen LogP contribution >= 0.6 is 23.5 Å². The van der Waals surface area contributed by atoms with Crippen LogP contribution in [0.4, 0.5) is 5.69 Å². The summed E-state index contributed by atoms with van der Waals surface area (Å²) in [6.45, 7) is 5.35. The van der Waals surface area contributed by atoms with Crippen molar-refractivity contribution in [1.29, 1.82) is 0 Å². The molecule has 1 aromatic carbocycles. The second-order valence-corrected chi connectivity index (χ2v) is 7.01. The Kier molecular flexibility index (Phi) is 5.51. The van der Waals surface area contributed by atoms with Crippen molar-refractivity contribution >= 4 is 35.1 Å². The quantitative estimate of drug-likeness (QED) is 0.831. The fourth-order valence-electron chi connectivity index (χ4n) is 2.56. The number of piperazine rings is 1. The summed E-state index contributed by atoms with van der Waals surface area (Å²) in [5.41, 5.74) is 3.22. The zero-order chi connectivity index (χ0) is 16.1. The van der Waals surface area contributed by atoms with Gasteiger partial charge in [0, 0.05) is 37.6 Å². The molecule has 23 heavy (non-hydrogen) atoms. The van der Waals surface area contributed by atoms with Gasteiger partial charge < -0.3 is 9.80 Å². The lowest BCUT2D eigenvalue weighted by molar-refractivity contribution is -0.128. The first-order valence-electron chi connectivity index (χ1n) is 7.67. The van der Waals surface area contributed by atoms with Gasteiger partial charge in [-0.05, 0) is 19.1 Å². The van der Waals surface area contributed by atoms with E-state index < -0.39 is 0 Å². The van der Waals surface area contributed by atoms with Crippen molar-refractivity contribution in [2.75, 3.05) is 36.8 Å². The average molecular weight is 348 g/mol. The number of aromatic nitrogens is 2. The lowest BCUT2D eigenvalue weighted by Gasteiger charge is -2.36. The maximum atomic E-state index is 12.3. The maximum absolute atomic E-state index is 12.3. The predicted molar refractivity (Wildman–Crippen MR) is 96.0 cm³/mol. The molecule has 0 radical (unpaired) electrons. The first kappa shape index (κ1) is 16.3. The van der Waals surface area contributed by atoms with Crippen LogP contribution in [0, 0.1) is 6.92 Å². The molecule has 0 bridgehead atoms. The van der Waals surface area contributed by atoms with Crippen molar-refractivity contribution in [3.05, 3.63) is 41.7 Å². The fourth-order valence-corrected chi connectivity index (χ4v) is 4.13. The molecule has 7 heteroatoms. The highest BCUT2D eigenvalue weighted by molar-refractivity contribution is 7.99. The van der Waals surface area contributed by atoms with E-state index in [0.717, 1.165) is 43.3 Å². The van der Waals surface area contributed by atoms with Gasteiger partial charge in [-0.1, -0.05) is 18.2 Å². The molecular weight excluding hydrogens is 328 g/mol. The molecular formula is C16H20N4OS2. The van der Waals surface area contributed by atoms with Crippen molar-refractivity contribution in [3.8, 4) is 0 Å². The van der Waals surface area contributed by atoms with Gasteiger partial charge in [-0.15, -0.1) is 11.8 Å². The number of aryl methyl sites for hydroxylation is 1. The van der Waals surface area contributed by atoms with E-state index in [4.69, 9.17) is 0 Å². The van der Waals surface area contributed by atoms with Crippen LogP contribution in [0.25, 0.3) is 0 Å². The van der Waals surface area contributed by atoms with Crippen LogP contribution in [0.1, 0.15) is 11.4 Å². The van der Waals surface area contributed by atoms with E-state index in [1.165, 1.54) is 17.4 Å². The SMILES string of the molecule is Cc1nsnc1CSCC(=O)N1CCN(c2ccccc2)CC1.